The van der Waals surface area contributed by atoms with Crippen molar-refractivity contribution in [2.45, 2.75) is 26.3 Å². The molecule has 4 heteroatoms. The first kappa shape index (κ1) is 12.4. The molecule has 94 valence electrons. The Bertz CT molecular complexity index is 493. The minimum atomic E-state index is 0.500. The smallest absolute Gasteiger partial charge is 0.149 e. The highest BCUT2D eigenvalue weighted by molar-refractivity contribution is 5.44. The first-order valence-electron chi connectivity index (χ1n) is 6.18. The van der Waals surface area contributed by atoms with Crippen LogP contribution in [0.4, 0.5) is 11.5 Å². The molecule has 0 aliphatic heterocycles. The standard InChI is InChI=1S/C14H18N4/c1-2-3-11-4-6-12(7-5-11)17-10-14-16-9-8-13(15)18-14/h4-9,17H,2-3,10H2,1H3,(H2,15,16,18). The van der Waals surface area contributed by atoms with E-state index in [2.05, 4.69) is 46.5 Å². The zero-order valence-corrected chi connectivity index (χ0v) is 10.6. The summed E-state index contributed by atoms with van der Waals surface area (Å²) in [5.74, 6) is 1.20. The maximum Gasteiger partial charge on any atom is 0.149 e. The molecule has 0 bridgehead atoms. The third-order valence-electron chi connectivity index (χ3n) is 2.67. The van der Waals surface area contributed by atoms with Crippen LogP contribution in [0.1, 0.15) is 24.7 Å². The second-order valence-electron chi connectivity index (χ2n) is 4.20. The molecular formula is C14H18N4. The van der Waals surface area contributed by atoms with E-state index in [0.29, 0.717) is 18.2 Å². The summed E-state index contributed by atoms with van der Waals surface area (Å²) in [6, 6.07) is 10.1. The van der Waals surface area contributed by atoms with Crippen LogP contribution in [0.2, 0.25) is 0 Å². The van der Waals surface area contributed by atoms with Gasteiger partial charge in [0, 0.05) is 11.9 Å². The number of aromatic nitrogens is 2. The van der Waals surface area contributed by atoms with E-state index in [0.717, 1.165) is 12.1 Å². The Hall–Kier alpha value is -2.10. The van der Waals surface area contributed by atoms with Gasteiger partial charge >= 0.3 is 0 Å². The van der Waals surface area contributed by atoms with Gasteiger partial charge in [0.15, 0.2) is 0 Å². The monoisotopic (exact) mass is 242 g/mol. The fourth-order valence-electron chi connectivity index (χ4n) is 1.76. The van der Waals surface area contributed by atoms with Crippen LogP contribution in [0.3, 0.4) is 0 Å². The van der Waals surface area contributed by atoms with Gasteiger partial charge in [-0.3, -0.25) is 0 Å². The van der Waals surface area contributed by atoms with Crippen LogP contribution in [0, 0.1) is 0 Å². The number of benzene rings is 1. The number of rotatable bonds is 5. The van der Waals surface area contributed by atoms with Crippen LogP contribution in [0.15, 0.2) is 36.5 Å². The lowest BCUT2D eigenvalue weighted by Crippen LogP contribution is -2.05. The Morgan fingerprint density at radius 1 is 1.17 bits per heavy atom. The number of aryl methyl sites for hydroxylation is 1. The molecule has 4 nitrogen and oxygen atoms in total. The van der Waals surface area contributed by atoms with Crippen molar-refractivity contribution in [1.82, 2.24) is 9.97 Å². The lowest BCUT2D eigenvalue weighted by Gasteiger charge is -2.06. The quantitative estimate of drug-likeness (QED) is 0.846. The fraction of sp³-hybridized carbons (Fsp3) is 0.286. The second kappa shape index (κ2) is 6.00. The van der Waals surface area contributed by atoms with E-state index in [-0.39, 0.29) is 0 Å². The number of hydrogen-bond donors (Lipinski definition) is 2. The van der Waals surface area contributed by atoms with Crippen LogP contribution >= 0.6 is 0 Å². The minimum Gasteiger partial charge on any atom is -0.384 e. The summed E-state index contributed by atoms with van der Waals surface area (Å²) in [6.07, 6.45) is 3.96. The van der Waals surface area contributed by atoms with Gasteiger partial charge in [0.1, 0.15) is 11.6 Å². The van der Waals surface area contributed by atoms with Crippen molar-refractivity contribution in [2.75, 3.05) is 11.1 Å². The normalized spacial score (nSPS) is 10.3. The third kappa shape index (κ3) is 3.45. The molecule has 2 aromatic rings. The highest BCUT2D eigenvalue weighted by Gasteiger charge is 1.98. The second-order valence-corrected chi connectivity index (χ2v) is 4.20. The average Bonchev–Trinajstić information content (AvgIpc) is 2.38. The zero-order chi connectivity index (χ0) is 12.8. The maximum atomic E-state index is 5.60. The average molecular weight is 242 g/mol. The highest BCUT2D eigenvalue weighted by Crippen LogP contribution is 2.11. The molecule has 1 heterocycles. The van der Waals surface area contributed by atoms with Crippen molar-refractivity contribution in [2.24, 2.45) is 0 Å². The first-order valence-corrected chi connectivity index (χ1v) is 6.18. The SMILES string of the molecule is CCCc1ccc(NCc2nccc(N)n2)cc1. The van der Waals surface area contributed by atoms with E-state index >= 15 is 0 Å². The van der Waals surface area contributed by atoms with Crippen molar-refractivity contribution in [3.05, 3.63) is 47.9 Å². The largest absolute Gasteiger partial charge is 0.384 e. The zero-order valence-electron chi connectivity index (χ0n) is 10.6. The van der Waals surface area contributed by atoms with Crippen LogP contribution in [0.5, 0.6) is 0 Å². The Labute approximate surface area is 107 Å². The van der Waals surface area contributed by atoms with Crippen LogP contribution in [-0.2, 0) is 13.0 Å². The molecule has 0 unspecified atom stereocenters. The summed E-state index contributed by atoms with van der Waals surface area (Å²) < 4.78 is 0. The number of anilines is 2. The molecule has 0 aliphatic carbocycles. The van der Waals surface area contributed by atoms with Crippen LogP contribution in [0.25, 0.3) is 0 Å². The van der Waals surface area contributed by atoms with E-state index in [1.807, 2.05) is 0 Å². The summed E-state index contributed by atoms with van der Waals surface area (Å²) in [5.41, 5.74) is 8.04. The van der Waals surface area contributed by atoms with E-state index in [1.165, 1.54) is 12.0 Å². The van der Waals surface area contributed by atoms with Gasteiger partial charge < -0.3 is 11.1 Å². The third-order valence-corrected chi connectivity index (χ3v) is 2.67. The predicted octanol–water partition coefficient (Wildman–Crippen LogP) is 2.62. The molecule has 0 saturated heterocycles. The molecule has 1 aromatic carbocycles. The lowest BCUT2D eigenvalue weighted by atomic mass is 10.1. The van der Waals surface area contributed by atoms with Gasteiger partial charge in [0.2, 0.25) is 0 Å². The molecule has 0 aliphatic rings. The van der Waals surface area contributed by atoms with E-state index in [9.17, 15) is 0 Å². The lowest BCUT2D eigenvalue weighted by molar-refractivity contribution is 0.920. The van der Waals surface area contributed by atoms with Gasteiger partial charge in [-0.15, -0.1) is 0 Å². The molecule has 0 atom stereocenters. The van der Waals surface area contributed by atoms with Crippen LogP contribution < -0.4 is 11.1 Å². The van der Waals surface area contributed by atoms with Crippen molar-refractivity contribution >= 4 is 11.5 Å². The highest BCUT2D eigenvalue weighted by atomic mass is 15.0. The molecule has 0 saturated carbocycles. The van der Waals surface area contributed by atoms with Gasteiger partial charge in [0.05, 0.1) is 6.54 Å². The number of nitrogens with zero attached hydrogens (tertiary/aromatic N) is 2. The molecule has 0 radical (unpaired) electrons. The van der Waals surface area contributed by atoms with E-state index < -0.39 is 0 Å². The van der Waals surface area contributed by atoms with Gasteiger partial charge in [-0.25, -0.2) is 9.97 Å². The summed E-state index contributed by atoms with van der Waals surface area (Å²) >= 11 is 0. The molecule has 0 spiro atoms. The number of nitrogens with one attached hydrogen (secondary N) is 1. The molecular weight excluding hydrogens is 224 g/mol. The van der Waals surface area contributed by atoms with Crippen molar-refractivity contribution in [3.63, 3.8) is 0 Å². The van der Waals surface area contributed by atoms with Gasteiger partial charge in [-0.05, 0) is 30.2 Å². The molecule has 18 heavy (non-hydrogen) atoms. The number of nitrogens with two attached hydrogens (primary N) is 1. The number of hydrogen-bond acceptors (Lipinski definition) is 4. The Morgan fingerprint density at radius 3 is 2.61 bits per heavy atom. The number of nitrogen functional groups attached to an aromatic ring is 1. The Balaban J connectivity index is 1.93. The Morgan fingerprint density at radius 2 is 1.94 bits per heavy atom. The minimum absolute atomic E-state index is 0.500. The topological polar surface area (TPSA) is 63.8 Å². The summed E-state index contributed by atoms with van der Waals surface area (Å²) in [5, 5.41) is 3.28. The summed E-state index contributed by atoms with van der Waals surface area (Å²) in [4.78, 5) is 8.29. The van der Waals surface area contributed by atoms with Gasteiger partial charge in [-0.2, -0.15) is 0 Å². The van der Waals surface area contributed by atoms with E-state index in [4.69, 9.17) is 5.73 Å². The van der Waals surface area contributed by atoms with Gasteiger partial charge in [-0.1, -0.05) is 25.5 Å². The molecule has 0 amide bonds. The maximum absolute atomic E-state index is 5.60. The van der Waals surface area contributed by atoms with Crippen LogP contribution in [-0.4, -0.2) is 9.97 Å². The van der Waals surface area contributed by atoms with Crippen molar-refractivity contribution in [3.8, 4) is 0 Å². The van der Waals surface area contributed by atoms with Gasteiger partial charge in [0.25, 0.3) is 0 Å². The van der Waals surface area contributed by atoms with E-state index in [1.54, 1.807) is 12.3 Å². The Kier molecular flexibility index (Phi) is 4.12. The molecule has 2 rings (SSSR count). The fourth-order valence-corrected chi connectivity index (χ4v) is 1.76. The molecule has 0 fully saturated rings. The molecule has 3 N–H and O–H groups in total. The summed E-state index contributed by atoms with van der Waals surface area (Å²) in [6.45, 7) is 2.77. The van der Waals surface area contributed by atoms with Crippen molar-refractivity contribution < 1.29 is 0 Å². The summed E-state index contributed by atoms with van der Waals surface area (Å²) in [7, 11) is 0. The van der Waals surface area contributed by atoms with Crippen molar-refractivity contribution in [1.29, 1.82) is 0 Å². The predicted molar refractivity (Wildman–Crippen MR) is 74.2 cm³/mol. The molecule has 1 aromatic heterocycles. The first-order chi connectivity index (χ1) is 8.78.